The smallest absolute Gasteiger partial charge is 0.377 e. The molecule has 20 heavy (non-hydrogen) atoms. The van der Waals surface area contributed by atoms with Gasteiger partial charge in [0.05, 0.1) is 26.3 Å². The molecule has 0 N–H and O–H groups in total. The van der Waals surface area contributed by atoms with E-state index >= 15 is 0 Å². The van der Waals surface area contributed by atoms with Crippen LogP contribution in [-0.4, -0.2) is 40.9 Å². The predicted molar refractivity (Wildman–Crippen MR) is 68.2 cm³/mol. The highest BCUT2D eigenvalue weighted by molar-refractivity contribution is 5.91. The molecule has 0 amide bonds. The first-order valence-corrected chi connectivity index (χ1v) is 5.79. The fourth-order valence-corrected chi connectivity index (χ4v) is 1.70. The molecule has 0 saturated carbocycles. The van der Waals surface area contributed by atoms with E-state index in [1.165, 1.54) is 25.2 Å². The van der Waals surface area contributed by atoms with Gasteiger partial charge in [0.1, 0.15) is 6.33 Å². The molecule has 0 spiro atoms. The zero-order valence-electron chi connectivity index (χ0n) is 11.1. The molecule has 7 heteroatoms. The summed E-state index contributed by atoms with van der Waals surface area (Å²) in [5, 5.41) is 3.98. The van der Waals surface area contributed by atoms with E-state index in [1.54, 1.807) is 24.3 Å². The topological polar surface area (TPSA) is 83.3 Å². The van der Waals surface area contributed by atoms with E-state index in [1.807, 2.05) is 0 Å². The minimum absolute atomic E-state index is 0.0250. The second-order valence-corrected chi connectivity index (χ2v) is 3.91. The third-order valence-corrected chi connectivity index (χ3v) is 2.66. The molecule has 0 aliphatic rings. The van der Waals surface area contributed by atoms with Gasteiger partial charge in [-0.3, -0.25) is 0 Å². The summed E-state index contributed by atoms with van der Waals surface area (Å²) in [5.74, 6) is -1.05. The normalized spacial score (nSPS) is 10.1. The Balaban J connectivity index is 2.24. The average Bonchev–Trinajstić information content (AvgIpc) is 2.94. The number of hydrogen-bond donors (Lipinski definition) is 0. The number of aromatic nitrogens is 3. The lowest BCUT2D eigenvalue weighted by Gasteiger charge is -2.07. The Hall–Kier alpha value is -2.70. The molecule has 1 heterocycles. The number of methoxy groups -OCH3 is 2. The van der Waals surface area contributed by atoms with Gasteiger partial charge in [0.15, 0.2) is 0 Å². The summed E-state index contributed by atoms with van der Waals surface area (Å²) in [4.78, 5) is 26.7. The summed E-state index contributed by atoms with van der Waals surface area (Å²) in [5.41, 5.74) is 1.17. The first-order valence-electron chi connectivity index (χ1n) is 5.79. The number of nitrogens with zero attached hydrogens (tertiary/aromatic N) is 3. The molecule has 0 saturated heterocycles. The fraction of sp³-hybridized carbons (Fsp3) is 0.231. The zero-order valence-corrected chi connectivity index (χ0v) is 11.1. The van der Waals surface area contributed by atoms with Gasteiger partial charge in [0.2, 0.25) is 0 Å². The number of rotatable bonds is 4. The number of esters is 2. The first-order chi connectivity index (χ1) is 9.65. The van der Waals surface area contributed by atoms with Gasteiger partial charge in [-0.2, -0.15) is 0 Å². The van der Waals surface area contributed by atoms with Crippen molar-refractivity contribution in [2.24, 2.45) is 0 Å². The van der Waals surface area contributed by atoms with Crippen LogP contribution in [0.25, 0.3) is 0 Å². The van der Waals surface area contributed by atoms with Gasteiger partial charge in [-0.25, -0.2) is 19.3 Å². The van der Waals surface area contributed by atoms with Gasteiger partial charge in [0, 0.05) is 0 Å². The molecule has 1 aromatic carbocycles. The van der Waals surface area contributed by atoms with E-state index < -0.39 is 11.9 Å². The summed E-state index contributed by atoms with van der Waals surface area (Å²) in [6, 6.07) is 7.00. The summed E-state index contributed by atoms with van der Waals surface area (Å²) < 4.78 is 10.7. The summed E-state index contributed by atoms with van der Waals surface area (Å²) in [6.07, 6.45) is 1.40. The summed E-state index contributed by atoms with van der Waals surface area (Å²) in [6.45, 7) is 0.301. The minimum atomic E-state index is -0.606. The Morgan fingerprint density at radius 1 is 1.15 bits per heavy atom. The molecular weight excluding hydrogens is 262 g/mol. The van der Waals surface area contributed by atoms with E-state index in [-0.39, 0.29) is 5.82 Å². The minimum Gasteiger partial charge on any atom is -0.465 e. The van der Waals surface area contributed by atoms with Crippen LogP contribution < -0.4 is 0 Å². The number of carbonyl (C=O) groups excluding carboxylic acids is 2. The monoisotopic (exact) mass is 275 g/mol. The van der Waals surface area contributed by atoms with Gasteiger partial charge in [0.25, 0.3) is 5.82 Å². The predicted octanol–water partition coefficient (Wildman–Crippen LogP) is 0.900. The van der Waals surface area contributed by atoms with E-state index in [2.05, 4.69) is 14.8 Å². The summed E-state index contributed by atoms with van der Waals surface area (Å²) >= 11 is 0. The van der Waals surface area contributed by atoms with Crippen LogP contribution in [0.15, 0.2) is 30.6 Å². The van der Waals surface area contributed by atoms with E-state index in [9.17, 15) is 9.59 Å². The van der Waals surface area contributed by atoms with Gasteiger partial charge >= 0.3 is 11.9 Å². The lowest BCUT2D eigenvalue weighted by Crippen LogP contribution is -2.10. The molecule has 7 nitrogen and oxygen atoms in total. The van der Waals surface area contributed by atoms with Crippen molar-refractivity contribution in [2.45, 2.75) is 6.54 Å². The van der Waals surface area contributed by atoms with Crippen molar-refractivity contribution in [1.29, 1.82) is 0 Å². The third-order valence-electron chi connectivity index (χ3n) is 2.66. The largest absolute Gasteiger partial charge is 0.465 e. The molecule has 0 atom stereocenters. The van der Waals surface area contributed by atoms with Crippen molar-refractivity contribution in [1.82, 2.24) is 14.8 Å². The zero-order chi connectivity index (χ0) is 14.5. The Kier molecular flexibility index (Phi) is 4.09. The molecule has 0 unspecified atom stereocenters. The molecule has 2 aromatic rings. The second-order valence-electron chi connectivity index (χ2n) is 3.91. The first kappa shape index (κ1) is 13.7. The molecular formula is C13H13N3O4. The van der Waals surface area contributed by atoms with Crippen molar-refractivity contribution in [3.63, 3.8) is 0 Å². The number of hydrogen-bond acceptors (Lipinski definition) is 6. The lowest BCUT2D eigenvalue weighted by molar-refractivity contribution is 0.0581. The Morgan fingerprint density at radius 3 is 2.55 bits per heavy atom. The van der Waals surface area contributed by atoms with Crippen molar-refractivity contribution in [2.75, 3.05) is 14.2 Å². The van der Waals surface area contributed by atoms with Gasteiger partial charge in [-0.15, -0.1) is 5.10 Å². The quantitative estimate of drug-likeness (QED) is 0.771. The van der Waals surface area contributed by atoms with Crippen LogP contribution in [0.5, 0.6) is 0 Å². The Morgan fingerprint density at radius 2 is 1.85 bits per heavy atom. The van der Waals surface area contributed by atoms with Crippen molar-refractivity contribution in [3.8, 4) is 0 Å². The van der Waals surface area contributed by atoms with E-state index in [0.29, 0.717) is 12.1 Å². The average molecular weight is 275 g/mol. The Bertz CT molecular complexity index is 636. The SMILES string of the molecule is COC(=O)c1ncn(Cc2ccccc2C(=O)OC)n1. The van der Waals surface area contributed by atoms with Crippen LogP contribution in [0.4, 0.5) is 0 Å². The van der Waals surface area contributed by atoms with E-state index in [4.69, 9.17) is 4.74 Å². The summed E-state index contributed by atoms with van der Waals surface area (Å²) in [7, 11) is 2.58. The molecule has 1 aromatic heterocycles. The standard InChI is InChI=1S/C13H13N3O4/c1-19-12(17)10-6-4-3-5-9(10)7-16-8-14-11(15-16)13(18)20-2/h3-6,8H,7H2,1-2H3. The van der Waals surface area contributed by atoms with Crippen LogP contribution >= 0.6 is 0 Å². The van der Waals surface area contributed by atoms with Gasteiger partial charge in [-0.05, 0) is 11.6 Å². The fourth-order valence-electron chi connectivity index (χ4n) is 1.70. The highest BCUT2D eigenvalue weighted by Crippen LogP contribution is 2.11. The Labute approximate surface area is 115 Å². The van der Waals surface area contributed by atoms with E-state index in [0.717, 1.165) is 5.56 Å². The van der Waals surface area contributed by atoms with Crippen LogP contribution in [0, 0.1) is 0 Å². The van der Waals surface area contributed by atoms with Crippen molar-refractivity contribution >= 4 is 11.9 Å². The van der Waals surface area contributed by atoms with Crippen LogP contribution in [0.3, 0.4) is 0 Å². The molecule has 0 bridgehead atoms. The van der Waals surface area contributed by atoms with Crippen molar-refractivity contribution in [3.05, 3.63) is 47.5 Å². The molecule has 0 aliphatic carbocycles. The van der Waals surface area contributed by atoms with Crippen LogP contribution in [0.1, 0.15) is 26.5 Å². The molecule has 0 radical (unpaired) electrons. The third kappa shape index (κ3) is 2.82. The number of benzene rings is 1. The number of ether oxygens (including phenoxy) is 2. The lowest BCUT2D eigenvalue weighted by atomic mass is 10.1. The maximum atomic E-state index is 11.6. The highest BCUT2D eigenvalue weighted by atomic mass is 16.5. The molecule has 0 aliphatic heterocycles. The maximum Gasteiger partial charge on any atom is 0.377 e. The number of carbonyl (C=O) groups is 2. The van der Waals surface area contributed by atoms with Crippen LogP contribution in [-0.2, 0) is 16.0 Å². The van der Waals surface area contributed by atoms with Gasteiger partial charge < -0.3 is 9.47 Å². The molecule has 104 valence electrons. The highest BCUT2D eigenvalue weighted by Gasteiger charge is 2.14. The van der Waals surface area contributed by atoms with Crippen LogP contribution in [0.2, 0.25) is 0 Å². The van der Waals surface area contributed by atoms with Crippen molar-refractivity contribution < 1.29 is 19.1 Å². The molecule has 0 fully saturated rings. The molecule has 2 rings (SSSR count). The van der Waals surface area contributed by atoms with Gasteiger partial charge in [-0.1, -0.05) is 18.2 Å². The second kappa shape index (κ2) is 5.96. The maximum absolute atomic E-state index is 11.6.